The Morgan fingerprint density at radius 3 is 2.56 bits per heavy atom. The number of aliphatic hydroxyl groups is 1. The van der Waals surface area contributed by atoms with Crippen molar-refractivity contribution in [2.24, 2.45) is 5.92 Å². The third-order valence-electron chi connectivity index (χ3n) is 3.49. The van der Waals surface area contributed by atoms with Gasteiger partial charge in [0.1, 0.15) is 6.10 Å². The first-order valence-electron chi connectivity index (χ1n) is 6.77. The molecule has 0 spiro atoms. The molecule has 1 saturated carbocycles. The summed E-state index contributed by atoms with van der Waals surface area (Å²) in [5.41, 5.74) is 1.14. The summed E-state index contributed by atoms with van der Waals surface area (Å²) in [4.78, 5) is 0. The molecule has 0 aromatic heterocycles. The highest BCUT2D eigenvalue weighted by atomic mass is 16.3. The molecule has 1 N–H and O–H groups in total. The van der Waals surface area contributed by atoms with E-state index in [1.807, 2.05) is 42.5 Å². The lowest BCUT2D eigenvalue weighted by atomic mass is 9.85. The second kappa shape index (κ2) is 7.03. The van der Waals surface area contributed by atoms with Crippen molar-refractivity contribution in [1.82, 2.24) is 0 Å². The Kier molecular flexibility index (Phi) is 5.05. The zero-order valence-corrected chi connectivity index (χ0v) is 10.7. The van der Waals surface area contributed by atoms with Crippen molar-refractivity contribution in [3.63, 3.8) is 0 Å². The number of rotatable bonds is 2. The fourth-order valence-corrected chi connectivity index (χ4v) is 2.40. The van der Waals surface area contributed by atoms with Crippen LogP contribution in [0.2, 0.25) is 0 Å². The standard InChI is InChI=1S/C17H20O/c18-17(16-12-5-2-6-13-16)14-8-7-11-15-9-3-1-4-10-15/h1,3-4,7,9-11,16-18H,2,5-6,12-13H2/b11-7+. The SMILES string of the molecule is OC(C#C/C=C/c1ccccc1)C1CCCCC1. The minimum atomic E-state index is -0.453. The van der Waals surface area contributed by atoms with Gasteiger partial charge in [0.15, 0.2) is 0 Å². The summed E-state index contributed by atoms with van der Waals surface area (Å²) in [5.74, 6) is 6.28. The molecule has 1 atom stereocenters. The van der Waals surface area contributed by atoms with E-state index in [0.29, 0.717) is 5.92 Å². The summed E-state index contributed by atoms with van der Waals surface area (Å²) in [7, 11) is 0. The number of aliphatic hydroxyl groups excluding tert-OH is 1. The third-order valence-corrected chi connectivity index (χ3v) is 3.49. The maximum Gasteiger partial charge on any atom is 0.117 e. The molecule has 0 aliphatic heterocycles. The Balaban J connectivity index is 1.86. The molecule has 0 heterocycles. The molecule has 1 unspecified atom stereocenters. The van der Waals surface area contributed by atoms with Gasteiger partial charge in [-0.15, -0.1) is 0 Å². The summed E-state index contributed by atoms with van der Waals surface area (Å²) in [6.07, 6.45) is 9.38. The van der Waals surface area contributed by atoms with Gasteiger partial charge in [-0.3, -0.25) is 0 Å². The predicted octanol–water partition coefficient (Wildman–Crippen LogP) is 3.64. The zero-order valence-electron chi connectivity index (χ0n) is 10.7. The Morgan fingerprint density at radius 2 is 1.83 bits per heavy atom. The average Bonchev–Trinajstić information content (AvgIpc) is 2.45. The van der Waals surface area contributed by atoms with Gasteiger partial charge in [-0.2, -0.15) is 0 Å². The van der Waals surface area contributed by atoms with E-state index in [4.69, 9.17) is 0 Å². The number of hydrogen-bond acceptors (Lipinski definition) is 1. The molecular formula is C17H20O. The second-order valence-corrected chi connectivity index (χ2v) is 4.88. The van der Waals surface area contributed by atoms with Crippen molar-refractivity contribution in [2.75, 3.05) is 0 Å². The predicted molar refractivity (Wildman–Crippen MR) is 75.8 cm³/mol. The first kappa shape index (κ1) is 12.9. The van der Waals surface area contributed by atoms with Crippen LogP contribution in [0.1, 0.15) is 37.7 Å². The van der Waals surface area contributed by atoms with E-state index < -0.39 is 6.10 Å². The smallest absolute Gasteiger partial charge is 0.117 e. The van der Waals surface area contributed by atoms with E-state index in [9.17, 15) is 5.11 Å². The van der Waals surface area contributed by atoms with E-state index in [2.05, 4.69) is 11.8 Å². The van der Waals surface area contributed by atoms with Crippen LogP contribution in [0.15, 0.2) is 36.4 Å². The third kappa shape index (κ3) is 4.05. The molecule has 2 rings (SSSR count). The molecule has 1 aliphatic carbocycles. The van der Waals surface area contributed by atoms with Gasteiger partial charge in [-0.25, -0.2) is 0 Å². The fourth-order valence-electron chi connectivity index (χ4n) is 2.40. The fraction of sp³-hybridized carbons (Fsp3) is 0.412. The molecule has 1 aliphatic rings. The Bertz CT molecular complexity index is 430. The van der Waals surface area contributed by atoms with Crippen LogP contribution in [-0.4, -0.2) is 11.2 Å². The largest absolute Gasteiger partial charge is 0.380 e. The summed E-state index contributed by atoms with van der Waals surface area (Å²) in [6.45, 7) is 0. The van der Waals surface area contributed by atoms with E-state index in [0.717, 1.165) is 18.4 Å². The van der Waals surface area contributed by atoms with Crippen LogP contribution in [0.3, 0.4) is 0 Å². The lowest BCUT2D eigenvalue weighted by molar-refractivity contribution is 0.133. The molecule has 94 valence electrons. The van der Waals surface area contributed by atoms with E-state index in [-0.39, 0.29) is 0 Å². The van der Waals surface area contributed by atoms with Gasteiger partial charge in [-0.1, -0.05) is 61.4 Å². The molecule has 18 heavy (non-hydrogen) atoms. The molecule has 0 radical (unpaired) electrons. The van der Waals surface area contributed by atoms with Crippen LogP contribution >= 0.6 is 0 Å². The van der Waals surface area contributed by atoms with Crippen LogP contribution in [0.5, 0.6) is 0 Å². The Hall–Kier alpha value is -1.52. The van der Waals surface area contributed by atoms with Gasteiger partial charge in [-0.05, 0) is 36.5 Å². The highest BCUT2D eigenvalue weighted by Crippen LogP contribution is 2.26. The first-order chi connectivity index (χ1) is 8.86. The summed E-state index contributed by atoms with van der Waals surface area (Å²) in [5, 5.41) is 9.96. The quantitative estimate of drug-likeness (QED) is 0.782. The Morgan fingerprint density at radius 1 is 1.11 bits per heavy atom. The normalized spacial score (nSPS) is 18.3. The zero-order chi connectivity index (χ0) is 12.6. The molecule has 1 heteroatoms. The highest BCUT2D eigenvalue weighted by Gasteiger charge is 2.19. The van der Waals surface area contributed by atoms with E-state index >= 15 is 0 Å². The van der Waals surface area contributed by atoms with Crippen LogP contribution in [-0.2, 0) is 0 Å². The highest BCUT2D eigenvalue weighted by molar-refractivity contribution is 5.52. The van der Waals surface area contributed by atoms with Crippen molar-refractivity contribution in [3.05, 3.63) is 42.0 Å². The van der Waals surface area contributed by atoms with Gasteiger partial charge in [0, 0.05) is 0 Å². The molecule has 1 aromatic rings. The molecular weight excluding hydrogens is 220 g/mol. The number of allylic oxidation sites excluding steroid dienone is 1. The topological polar surface area (TPSA) is 20.2 Å². The lowest BCUT2D eigenvalue weighted by Crippen LogP contribution is -2.20. The minimum absolute atomic E-state index is 0.386. The van der Waals surface area contributed by atoms with Crippen molar-refractivity contribution in [3.8, 4) is 11.8 Å². The average molecular weight is 240 g/mol. The van der Waals surface area contributed by atoms with Gasteiger partial charge in [0.25, 0.3) is 0 Å². The summed E-state index contributed by atoms with van der Waals surface area (Å²) in [6, 6.07) is 10.1. The van der Waals surface area contributed by atoms with Crippen LogP contribution in [0.25, 0.3) is 6.08 Å². The van der Waals surface area contributed by atoms with Crippen molar-refractivity contribution < 1.29 is 5.11 Å². The van der Waals surface area contributed by atoms with E-state index in [1.165, 1.54) is 19.3 Å². The van der Waals surface area contributed by atoms with Gasteiger partial charge < -0.3 is 5.11 Å². The lowest BCUT2D eigenvalue weighted by Gasteiger charge is -2.23. The second-order valence-electron chi connectivity index (χ2n) is 4.88. The van der Waals surface area contributed by atoms with Crippen LogP contribution < -0.4 is 0 Å². The van der Waals surface area contributed by atoms with Crippen LogP contribution in [0.4, 0.5) is 0 Å². The van der Waals surface area contributed by atoms with Gasteiger partial charge in [0.05, 0.1) is 0 Å². The molecule has 0 saturated heterocycles. The monoisotopic (exact) mass is 240 g/mol. The first-order valence-corrected chi connectivity index (χ1v) is 6.77. The van der Waals surface area contributed by atoms with Crippen molar-refractivity contribution >= 4 is 6.08 Å². The number of hydrogen-bond donors (Lipinski definition) is 1. The molecule has 0 bridgehead atoms. The van der Waals surface area contributed by atoms with Crippen molar-refractivity contribution in [2.45, 2.75) is 38.2 Å². The Labute approximate surface area is 110 Å². The number of benzene rings is 1. The molecule has 1 nitrogen and oxygen atoms in total. The van der Waals surface area contributed by atoms with Gasteiger partial charge >= 0.3 is 0 Å². The maximum atomic E-state index is 9.96. The summed E-state index contributed by atoms with van der Waals surface area (Å²) < 4.78 is 0. The van der Waals surface area contributed by atoms with E-state index in [1.54, 1.807) is 0 Å². The molecule has 1 fully saturated rings. The molecule has 0 amide bonds. The van der Waals surface area contributed by atoms with Crippen LogP contribution in [0, 0.1) is 17.8 Å². The van der Waals surface area contributed by atoms with Crippen molar-refractivity contribution in [1.29, 1.82) is 0 Å². The summed E-state index contributed by atoms with van der Waals surface area (Å²) >= 11 is 0. The molecule has 1 aromatic carbocycles. The maximum absolute atomic E-state index is 9.96. The van der Waals surface area contributed by atoms with Gasteiger partial charge in [0.2, 0.25) is 0 Å². The minimum Gasteiger partial charge on any atom is -0.380 e.